The Labute approximate surface area is 197 Å². The van der Waals surface area contributed by atoms with Crippen LogP contribution in [0.2, 0.25) is 0 Å². The Balaban J connectivity index is 1.92. The summed E-state index contributed by atoms with van der Waals surface area (Å²) in [7, 11) is 0. The number of carboxylic acid groups (broad SMARTS) is 1. The normalized spacial score (nSPS) is 18.0. The first-order valence-electron chi connectivity index (χ1n) is 11.3. The molecule has 1 aromatic carbocycles. The molecule has 34 heavy (non-hydrogen) atoms. The van der Waals surface area contributed by atoms with Gasteiger partial charge in [-0.3, -0.25) is 15.1 Å². The molecule has 0 bridgehead atoms. The van der Waals surface area contributed by atoms with Gasteiger partial charge in [0.05, 0.1) is 31.6 Å². The summed E-state index contributed by atoms with van der Waals surface area (Å²) < 4.78 is 44.8. The van der Waals surface area contributed by atoms with Gasteiger partial charge in [-0.1, -0.05) is 19.9 Å². The largest absolute Gasteiger partial charge is 0.492 e. The minimum absolute atomic E-state index is 0.0316. The van der Waals surface area contributed by atoms with Gasteiger partial charge in [0.15, 0.2) is 6.35 Å². The van der Waals surface area contributed by atoms with Crippen molar-refractivity contribution in [2.45, 2.75) is 52.6 Å². The fraction of sp³-hybridized carbons (Fsp3) is 0.500. The van der Waals surface area contributed by atoms with Crippen LogP contribution >= 0.6 is 0 Å². The Morgan fingerprint density at radius 3 is 2.76 bits per heavy atom. The highest BCUT2D eigenvalue weighted by Crippen LogP contribution is 2.39. The third-order valence-electron chi connectivity index (χ3n) is 5.34. The maximum absolute atomic E-state index is 14.1. The Morgan fingerprint density at radius 2 is 2.12 bits per heavy atom. The zero-order valence-electron chi connectivity index (χ0n) is 19.5. The maximum atomic E-state index is 14.1. The van der Waals surface area contributed by atoms with Crippen LogP contribution in [0.4, 0.5) is 14.5 Å². The third kappa shape index (κ3) is 6.62. The molecule has 0 amide bonds. The van der Waals surface area contributed by atoms with Crippen molar-refractivity contribution in [1.82, 2.24) is 10.3 Å². The van der Waals surface area contributed by atoms with Gasteiger partial charge in [-0.2, -0.15) is 0 Å². The summed E-state index contributed by atoms with van der Waals surface area (Å²) in [6, 6.07) is 4.41. The third-order valence-corrected chi connectivity index (χ3v) is 5.34. The zero-order chi connectivity index (χ0) is 24.7. The molecule has 2 heterocycles. The first-order valence-corrected chi connectivity index (χ1v) is 11.3. The van der Waals surface area contributed by atoms with Gasteiger partial charge >= 0.3 is 5.97 Å². The standard InChI is InChI=1S/C24H31F2N3O5/c1-4-33-20-11-27-10-18(21(20)22(25)26)17-6-5-16(9-15(17)12-32-8-7-14(2)3)28-24-29-19(13-34-24)23(30)31/h5-6,9-11,14,19,22,24,28-29H,4,7-8,12-13H2,1-3H3,(H,30,31). The summed E-state index contributed by atoms with van der Waals surface area (Å²) in [6.07, 6.45) is 0.124. The monoisotopic (exact) mass is 479 g/mol. The highest BCUT2D eigenvalue weighted by atomic mass is 19.3. The summed E-state index contributed by atoms with van der Waals surface area (Å²) in [5, 5.41) is 15.0. The number of nitrogens with one attached hydrogen (secondary N) is 2. The van der Waals surface area contributed by atoms with Crippen molar-refractivity contribution in [3.63, 3.8) is 0 Å². The molecule has 2 unspecified atom stereocenters. The molecule has 2 atom stereocenters. The van der Waals surface area contributed by atoms with Gasteiger partial charge in [-0.15, -0.1) is 0 Å². The molecule has 0 aliphatic carbocycles. The van der Waals surface area contributed by atoms with Crippen molar-refractivity contribution in [1.29, 1.82) is 0 Å². The average Bonchev–Trinajstić information content (AvgIpc) is 3.25. The van der Waals surface area contributed by atoms with Crippen LogP contribution in [0.3, 0.4) is 0 Å². The fourth-order valence-corrected chi connectivity index (χ4v) is 3.58. The van der Waals surface area contributed by atoms with Gasteiger partial charge < -0.3 is 24.6 Å². The minimum Gasteiger partial charge on any atom is -0.492 e. The lowest BCUT2D eigenvalue weighted by Gasteiger charge is -2.19. The van der Waals surface area contributed by atoms with Crippen LogP contribution in [0.1, 0.15) is 44.7 Å². The number of alkyl halides is 2. The van der Waals surface area contributed by atoms with E-state index >= 15 is 0 Å². The van der Waals surface area contributed by atoms with Gasteiger partial charge in [0, 0.05) is 24.1 Å². The molecule has 8 nitrogen and oxygen atoms in total. The first-order chi connectivity index (χ1) is 16.3. The van der Waals surface area contributed by atoms with Crippen LogP contribution in [0.15, 0.2) is 30.6 Å². The molecule has 1 aliphatic heterocycles. The van der Waals surface area contributed by atoms with Gasteiger partial charge in [0.25, 0.3) is 6.43 Å². The number of hydrogen-bond acceptors (Lipinski definition) is 7. The van der Waals surface area contributed by atoms with Gasteiger partial charge in [0.2, 0.25) is 0 Å². The van der Waals surface area contributed by atoms with Gasteiger partial charge in [-0.05, 0) is 42.5 Å². The lowest BCUT2D eigenvalue weighted by molar-refractivity contribution is -0.139. The van der Waals surface area contributed by atoms with Crippen LogP contribution in [0.5, 0.6) is 5.75 Å². The average molecular weight is 480 g/mol. The Morgan fingerprint density at radius 1 is 1.32 bits per heavy atom. The molecule has 3 N–H and O–H groups in total. The number of halogens is 2. The molecule has 0 saturated carbocycles. The van der Waals surface area contributed by atoms with Crippen molar-refractivity contribution in [2.75, 3.05) is 25.1 Å². The Bertz CT molecular complexity index is 974. The van der Waals surface area contributed by atoms with E-state index in [0.29, 0.717) is 29.3 Å². The molecule has 0 spiro atoms. The molecule has 3 rings (SSSR count). The van der Waals surface area contributed by atoms with E-state index in [1.807, 2.05) is 0 Å². The summed E-state index contributed by atoms with van der Waals surface area (Å²) in [5.74, 6) is -0.481. The zero-order valence-corrected chi connectivity index (χ0v) is 19.5. The van der Waals surface area contributed by atoms with Crippen LogP contribution < -0.4 is 15.4 Å². The van der Waals surface area contributed by atoms with E-state index < -0.39 is 24.8 Å². The van der Waals surface area contributed by atoms with Crippen molar-refractivity contribution in [2.24, 2.45) is 5.92 Å². The number of aromatic nitrogens is 1. The smallest absolute Gasteiger partial charge is 0.323 e. The van der Waals surface area contributed by atoms with Crippen molar-refractivity contribution in [3.05, 3.63) is 41.7 Å². The molecule has 1 aromatic heterocycles. The van der Waals surface area contributed by atoms with Gasteiger partial charge in [0.1, 0.15) is 11.8 Å². The Kier molecular flexibility index (Phi) is 9.14. The summed E-state index contributed by atoms with van der Waals surface area (Å²) in [5.41, 5.74) is 1.92. The molecule has 186 valence electrons. The van der Waals surface area contributed by atoms with E-state index in [0.717, 1.165) is 6.42 Å². The van der Waals surface area contributed by atoms with Crippen LogP contribution in [-0.4, -0.2) is 48.3 Å². The number of pyridine rings is 1. The van der Waals surface area contributed by atoms with Crippen LogP contribution in [-0.2, 0) is 20.9 Å². The number of aliphatic carboxylic acids is 1. The topological polar surface area (TPSA) is 102 Å². The first kappa shape index (κ1) is 25.8. The number of carbonyl (C=O) groups is 1. The second kappa shape index (κ2) is 12.0. The number of ether oxygens (including phenoxy) is 3. The summed E-state index contributed by atoms with van der Waals surface area (Å²) in [6.45, 7) is 6.92. The molecule has 10 heteroatoms. The van der Waals surface area contributed by atoms with Crippen LogP contribution in [0, 0.1) is 5.92 Å². The number of benzene rings is 1. The second-order valence-corrected chi connectivity index (χ2v) is 8.35. The number of hydrogen-bond donors (Lipinski definition) is 3. The van der Waals surface area contributed by atoms with Crippen LogP contribution in [0.25, 0.3) is 11.1 Å². The second-order valence-electron chi connectivity index (χ2n) is 8.35. The SMILES string of the molecule is CCOc1cncc(-c2ccc(NC3NC(C(=O)O)CO3)cc2COCCC(C)C)c1C(F)F. The molecule has 1 fully saturated rings. The van der Waals surface area contributed by atoms with E-state index in [4.69, 9.17) is 19.3 Å². The fourth-order valence-electron chi connectivity index (χ4n) is 3.58. The quantitative estimate of drug-likeness (QED) is 0.385. The molecule has 0 radical (unpaired) electrons. The Hall–Kier alpha value is -2.82. The van der Waals surface area contributed by atoms with Crippen molar-refractivity contribution in [3.8, 4) is 16.9 Å². The summed E-state index contributed by atoms with van der Waals surface area (Å²) >= 11 is 0. The molecule has 1 saturated heterocycles. The highest BCUT2D eigenvalue weighted by molar-refractivity contribution is 5.75. The predicted octanol–water partition coefficient (Wildman–Crippen LogP) is 4.42. The van der Waals surface area contributed by atoms with Gasteiger partial charge in [-0.25, -0.2) is 8.78 Å². The van der Waals surface area contributed by atoms with E-state index in [9.17, 15) is 13.6 Å². The minimum atomic E-state index is -2.75. The molecule has 1 aliphatic rings. The van der Waals surface area contributed by atoms with Crippen molar-refractivity contribution < 1.29 is 32.9 Å². The van der Waals surface area contributed by atoms with E-state index in [1.165, 1.54) is 12.4 Å². The van der Waals surface area contributed by atoms with E-state index in [2.05, 4.69) is 29.5 Å². The lowest BCUT2D eigenvalue weighted by atomic mass is 9.96. The van der Waals surface area contributed by atoms with E-state index in [1.54, 1.807) is 25.1 Å². The molecule has 2 aromatic rings. The number of rotatable bonds is 12. The van der Waals surface area contributed by atoms with Crippen molar-refractivity contribution >= 4 is 11.7 Å². The predicted molar refractivity (Wildman–Crippen MR) is 123 cm³/mol. The molecular weight excluding hydrogens is 448 g/mol. The molecular formula is C24H31F2N3O5. The number of anilines is 1. The number of nitrogens with zero attached hydrogens (tertiary/aromatic N) is 1. The maximum Gasteiger partial charge on any atom is 0.323 e. The lowest BCUT2D eigenvalue weighted by Crippen LogP contribution is -2.40. The summed E-state index contributed by atoms with van der Waals surface area (Å²) in [4.78, 5) is 15.3. The van der Waals surface area contributed by atoms with E-state index in [-0.39, 0.29) is 36.7 Å². The highest BCUT2D eigenvalue weighted by Gasteiger charge is 2.29. The number of carboxylic acids is 1.